The van der Waals surface area contributed by atoms with E-state index in [0.717, 1.165) is 50.6 Å². The van der Waals surface area contributed by atoms with Crippen LogP contribution in [0.4, 0.5) is 0 Å². The highest BCUT2D eigenvalue weighted by Gasteiger charge is 2.34. The molecule has 1 saturated heterocycles. The molecular weight excluding hydrogens is 366 g/mol. The van der Waals surface area contributed by atoms with Crippen LogP contribution < -0.4 is 24.6 Å². The maximum absolute atomic E-state index is 12.9. The lowest BCUT2D eigenvalue weighted by Gasteiger charge is -2.37. The maximum Gasteiger partial charge on any atom is 0.278 e. The Morgan fingerprint density at radius 3 is 2.69 bits per heavy atom. The van der Waals surface area contributed by atoms with Gasteiger partial charge in [-0.25, -0.2) is 0 Å². The van der Waals surface area contributed by atoms with Crippen molar-refractivity contribution >= 4 is 5.91 Å². The highest BCUT2D eigenvalue weighted by atomic mass is 16.7. The van der Waals surface area contributed by atoms with Gasteiger partial charge >= 0.3 is 0 Å². The Morgan fingerprint density at radius 1 is 1.14 bits per heavy atom. The average molecular weight is 404 g/mol. The predicted octanol–water partition coefficient (Wildman–Crippen LogP) is 0.0281. The molecule has 0 unspecified atom stereocenters. The van der Waals surface area contributed by atoms with Gasteiger partial charge in [0, 0.05) is 11.6 Å². The van der Waals surface area contributed by atoms with Gasteiger partial charge in [-0.2, -0.15) is 0 Å². The van der Waals surface area contributed by atoms with Gasteiger partial charge in [0.25, 0.3) is 5.91 Å². The number of piperazine rings is 1. The second kappa shape index (κ2) is 8.92. The molecule has 3 N–H and O–H groups in total. The van der Waals surface area contributed by atoms with Gasteiger partial charge in [0.15, 0.2) is 17.5 Å². The summed E-state index contributed by atoms with van der Waals surface area (Å²) in [5.41, 5.74) is 1.29. The fourth-order valence-electron chi connectivity index (χ4n) is 5.15. The monoisotopic (exact) mass is 403 g/mol. The second-order valence-electron chi connectivity index (χ2n) is 9.38. The van der Waals surface area contributed by atoms with Crippen LogP contribution in [0.15, 0.2) is 18.2 Å². The molecule has 0 radical (unpaired) electrons. The van der Waals surface area contributed by atoms with Crippen LogP contribution in [0.25, 0.3) is 0 Å². The van der Waals surface area contributed by atoms with Crippen LogP contribution in [0.1, 0.15) is 45.6 Å². The summed E-state index contributed by atoms with van der Waals surface area (Å²) in [5, 5.41) is 3.38. The van der Waals surface area contributed by atoms with Gasteiger partial charge in [-0.15, -0.1) is 0 Å². The van der Waals surface area contributed by atoms with Crippen LogP contribution >= 0.6 is 0 Å². The first kappa shape index (κ1) is 20.5. The van der Waals surface area contributed by atoms with Crippen LogP contribution in [0, 0.1) is 11.8 Å². The number of fused-ring (bicyclic) bond motifs is 1. The van der Waals surface area contributed by atoms with E-state index in [-0.39, 0.29) is 11.9 Å². The minimum Gasteiger partial charge on any atom is -0.454 e. The molecule has 6 heteroatoms. The van der Waals surface area contributed by atoms with E-state index < -0.39 is 0 Å². The van der Waals surface area contributed by atoms with Crippen LogP contribution in [-0.4, -0.2) is 51.0 Å². The molecule has 1 saturated carbocycles. The summed E-state index contributed by atoms with van der Waals surface area (Å²) in [6.45, 7) is 12.3. The Kier molecular flexibility index (Phi) is 6.30. The first-order valence-corrected chi connectivity index (χ1v) is 11.4. The highest BCUT2D eigenvalue weighted by molar-refractivity contribution is 5.80. The van der Waals surface area contributed by atoms with Crippen molar-refractivity contribution in [3.05, 3.63) is 23.8 Å². The smallest absolute Gasteiger partial charge is 0.278 e. The molecule has 0 aromatic heterocycles. The fourth-order valence-corrected chi connectivity index (χ4v) is 5.15. The van der Waals surface area contributed by atoms with Crippen molar-refractivity contribution in [2.75, 3.05) is 33.0 Å². The Balaban J connectivity index is 1.25. The van der Waals surface area contributed by atoms with Crippen molar-refractivity contribution in [3.63, 3.8) is 0 Å². The average Bonchev–Trinajstić information content (AvgIpc) is 3.19. The summed E-state index contributed by atoms with van der Waals surface area (Å²) in [6, 6.07) is 6.65. The zero-order valence-corrected chi connectivity index (χ0v) is 18.1. The lowest BCUT2D eigenvalue weighted by atomic mass is 9.78. The summed E-state index contributed by atoms with van der Waals surface area (Å²) in [6.07, 6.45) is 3.66. The van der Waals surface area contributed by atoms with Gasteiger partial charge < -0.3 is 24.6 Å². The molecule has 4 rings (SSSR count). The minimum atomic E-state index is 0.0338. The molecule has 1 aromatic carbocycles. The normalized spacial score (nSPS) is 32.6. The molecule has 1 aliphatic carbocycles. The molecule has 1 aromatic rings. The molecule has 1 amide bonds. The first-order chi connectivity index (χ1) is 14.0. The van der Waals surface area contributed by atoms with Crippen LogP contribution in [-0.2, 0) is 11.3 Å². The third-order valence-electron chi connectivity index (χ3n) is 7.53. The molecule has 4 atom stereocenters. The summed E-state index contributed by atoms with van der Waals surface area (Å²) in [5.74, 6) is 3.24. The van der Waals surface area contributed by atoms with Crippen molar-refractivity contribution < 1.29 is 24.1 Å². The number of quaternary nitrogens is 2. The number of hydrogen-bond acceptors (Lipinski definition) is 3. The van der Waals surface area contributed by atoms with Crippen LogP contribution in [0.2, 0.25) is 0 Å². The van der Waals surface area contributed by atoms with E-state index in [1.165, 1.54) is 23.3 Å². The summed E-state index contributed by atoms with van der Waals surface area (Å²) in [7, 11) is 0. The molecule has 2 fully saturated rings. The van der Waals surface area contributed by atoms with E-state index in [1.54, 1.807) is 4.90 Å². The second-order valence-corrected chi connectivity index (χ2v) is 9.38. The minimum absolute atomic E-state index is 0.0338. The van der Waals surface area contributed by atoms with E-state index in [0.29, 0.717) is 24.7 Å². The SMILES string of the molecule is C[C@@H]1[C@H](C)CCC[C@@H]1NC(=O)[C@@H](C)[NH+]1CC[NH+](Cc2ccc3c(c2)OCO3)CC1. The summed E-state index contributed by atoms with van der Waals surface area (Å²) in [4.78, 5) is 15.9. The Labute approximate surface area is 174 Å². The molecule has 3 aliphatic rings. The van der Waals surface area contributed by atoms with Gasteiger partial charge in [-0.3, -0.25) is 4.79 Å². The van der Waals surface area contributed by atoms with E-state index >= 15 is 0 Å². The topological polar surface area (TPSA) is 56.4 Å². The third kappa shape index (κ3) is 4.69. The molecular formula is C23H37N3O3+2. The number of ether oxygens (including phenoxy) is 2. The molecule has 0 bridgehead atoms. The number of nitrogens with one attached hydrogen (secondary N) is 3. The molecule has 160 valence electrons. The number of carbonyl (C=O) groups is 1. The lowest BCUT2D eigenvalue weighted by Crippen LogP contribution is -3.29. The van der Waals surface area contributed by atoms with Gasteiger partial charge in [-0.05, 0) is 43.4 Å². The van der Waals surface area contributed by atoms with Crippen molar-refractivity contribution in [2.24, 2.45) is 11.8 Å². The third-order valence-corrected chi connectivity index (χ3v) is 7.53. The molecule has 29 heavy (non-hydrogen) atoms. The zero-order chi connectivity index (χ0) is 20.4. The largest absolute Gasteiger partial charge is 0.454 e. The standard InChI is InChI=1S/C23H35N3O3/c1-16-5-4-6-20(17(16)2)24-23(27)18(3)26-11-9-25(10-12-26)14-19-7-8-21-22(13-19)29-15-28-21/h7-8,13,16-18,20H,4-6,9-12,14-15H2,1-3H3,(H,24,27)/p+2/t16-,17-,18-,20+/m1/s1. The molecule has 0 spiro atoms. The molecule has 2 heterocycles. The van der Waals surface area contributed by atoms with Gasteiger partial charge in [0.05, 0.1) is 0 Å². The summed E-state index contributed by atoms with van der Waals surface area (Å²) >= 11 is 0. The van der Waals surface area contributed by atoms with Crippen LogP contribution in [0.5, 0.6) is 11.5 Å². The quantitative estimate of drug-likeness (QED) is 0.650. The summed E-state index contributed by atoms with van der Waals surface area (Å²) < 4.78 is 10.9. The highest BCUT2D eigenvalue weighted by Crippen LogP contribution is 2.32. The number of benzene rings is 1. The number of carbonyl (C=O) groups excluding carboxylic acids is 1. The van der Waals surface area contributed by atoms with Crippen molar-refractivity contribution in [1.82, 2.24) is 5.32 Å². The number of rotatable bonds is 5. The number of hydrogen-bond donors (Lipinski definition) is 3. The maximum atomic E-state index is 12.9. The predicted molar refractivity (Wildman–Crippen MR) is 111 cm³/mol. The van der Waals surface area contributed by atoms with Crippen molar-refractivity contribution in [3.8, 4) is 11.5 Å². The Morgan fingerprint density at radius 2 is 1.90 bits per heavy atom. The Hall–Kier alpha value is -1.79. The van der Waals surface area contributed by atoms with Crippen molar-refractivity contribution in [1.29, 1.82) is 0 Å². The van der Waals surface area contributed by atoms with Gasteiger partial charge in [0.2, 0.25) is 6.79 Å². The fraction of sp³-hybridized carbons (Fsp3) is 0.696. The lowest BCUT2D eigenvalue weighted by molar-refractivity contribution is -1.02. The van der Waals surface area contributed by atoms with Gasteiger partial charge in [-0.1, -0.05) is 26.7 Å². The number of amides is 1. The van der Waals surface area contributed by atoms with Crippen molar-refractivity contribution in [2.45, 2.75) is 58.7 Å². The van der Waals surface area contributed by atoms with Crippen LogP contribution in [0.3, 0.4) is 0 Å². The van der Waals surface area contributed by atoms with E-state index in [2.05, 4.69) is 38.2 Å². The Bertz CT molecular complexity index is 717. The van der Waals surface area contributed by atoms with E-state index in [9.17, 15) is 4.79 Å². The first-order valence-electron chi connectivity index (χ1n) is 11.4. The molecule has 2 aliphatic heterocycles. The molecule has 6 nitrogen and oxygen atoms in total. The zero-order valence-electron chi connectivity index (χ0n) is 18.1. The van der Waals surface area contributed by atoms with E-state index in [4.69, 9.17) is 9.47 Å². The van der Waals surface area contributed by atoms with E-state index in [1.807, 2.05) is 6.07 Å². The van der Waals surface area contributed by atoms with Gasteiger partial charge in [0.1, 0.15) is 32.7 Å².